The van der Waals surface area contributed by atoms with E-state index in [0.717, 1.165) is 45.4 Å². The Morgan fingerprint density at radius 2 is 1.63 bits per heavy atom. The molecule has 1 amide bonds. The van der Waals surface area contributed by atoms with Crippen molar-refractivity contribution < 1.29 is 4.79 Å². The van der Waals surface area contributed by atoms with Crippen molar-refractivity contribution in [2.75, 3.05) is 26.2 Å². The third-order valence-electron chi connectivity index (χ3n) is 6.46. The summed E-state index contributed by atoms with van der Waals surface area (Å²) in [6, 6.07) is 9.52. The van der Waals surface area contributed by atoms with Gasteiger partial charge in [-0.2, -0.15) is 0 Å². The van der Waals surface area contributed by atoms with Crippen LogP contribution in [0.5, 0.6) is 0 Å². The lowest BCUT2D eigenvalue weighted by atomic mass is 9.72. The van der Waals surface area contributed by atoms with Crippen molar-refractivity contribution in [3.63, 3.8) is 0 Å². The first-order valence-corrected chi connectivity index (χ1v) is 9.97. The Labute approximate surface area is 175 Å². The van der Waals surface area contributed by atoms with Crippen LogP contribution in [0.2, 0.25) is 0 Å². The van der Waals surface area contributed by atoms with Gasteiger partial charge >= 0.3 is 0 Å². The molecule has 1 aromatic rings. The van der Waals surface area contributed by atoms with Gasteiger partial charge in [0.05, 0.1) is 0 Å². The van der Waals surface area contributed by atoms with Crippen molar-refractivity contribution in [2.45, 2.75) is 57.5 Å². The molecule has 3 fully saturated rings. The predicted octanol–water partition coefficient (Wildman–Crippen LogP) is 3.40. The molecule has 0 bridgehead atoms. The lowest BCUT2D eigenvalue weighted by Crippen LogP contribution is -2.52. The van der Waals surface area contributed by atoms with Crippen LogP contribution < -0.4 is 5.73 Å². The van der Waals surface area contributed by atoms with Crippen LogP contribution in [0.3, 0.4) is 0 Å². The third-order valence-corrected chi connectivity index (χ3v) is 6.46. The number of nitrogens with zero attached hydrogens (tertiary/aromatic N) is 2. The van der Waals surface area contributed by atoms with Gasteiger partial charge in [0.25, 0.3) is 0 Å². The number of carbonyl (C=O) groups excluding carboxylic acids is 1. The number of amides is 1. The number of halogens is 2. The molecule has 1 aliphatic carbocycles. The fraction of sp³-hybridized carbons (Fsp3) is 0.667. The van der Waals surface area contributed by atoms with Gasteiger partial charge in [-0.3, -0.25) is 9.69 Å². The molecule has 4 nitrogen and oxygen atoms in total. The second kappa shape index (κ2) is 9.60. The molecule has 27 heavy (non-hydrogen) atoms. The van der Waals surface area contributed by atoms with Crippen LogP contribution >= 0.6 is 24.8 Å². The molecule has 2 heterocycles. The van der Waals surface area contributed by atoms with E-state index in [-0.39, 0.29) is 24.8 Å². The van der Waals surface area contributed by atoms with Crippen molar-refractivity contribution in [3.05, 3.63) is 35.4 Å². The molecule has 1 aromatic carbocycles. The van der Waals surface area contributed by atoms with Gasteiger partial charge in [-0.15, -0.1) is 24.8 Å². The van der Waals surface area contributed by atoms with Crippen molar-refractivity contribution in [1.82, 2.24) is 9.80 Å². The monoisotopic (exact) mass is 413 g/mol. The second-order valence-corrected chi connectivity index (χ2v) is 8.38. The molecule has 0 radical (unpaired) electrons. The largest absolute Gasteiger partial charge is 0.339 e. The lowest BCUT2D eigenvalue weighted by molar-refractivity contribution is -0.139. The molecule has 6 heteroatoms. The SMILES string of the molecule is Cl.Cl.NCCc1ccc(CN2CCC3(CCC(=O)N(C4CC4)C3)CC2)cc1. The van der Waals surface area contributed by atoms with Crippen LogP contribution in [0.1, 0.15) is 49.7 Å². The number of hydrogen-bond acceptors (Lipinski definition) is 3. The Kier molecular flexibility index (Phi) is 7.99. The average molecular weight is 414 g/mol. The zero-order chi connectivity index (χ0) is 17.3. The summed E-state index contributed by atoms with van der Waals surface area (Å²) in [5.41, 5.74) is 8.75. The van der Waals surface area contributed by atoms with E-state index < -0.39 is 0 Å². The van der Waals surface area contributed by atoms with Gasteiger partial charge in [0.1, 0.15) is 0 Å². The van der Waals surface area contributed by atoms with E-state index in [4.69, 9.17) is 5.73 Å². The van der Waals surface area contributed by atoms with E-state index in [1.807, 2.05) is 0 Å². The predicted molar refractivity (Wildman–Crippen MR) is 115 cm³/mol. The maximum absolute atomic E-state index is 12.2. The van der Waals surface area contributed by atoms with Crippen LogP contribution in [-0.4, -0.2) is 47.9 Å². The summed E-state index contributed by atoms with van der Waals surface area (Å²) < 4.78 is 0. The maximum Gasteiger partial charge on any atom is 0.222 e. The Bertz CT molecular complexity index is 610. The minimum atomic E-state index is 0. The van der Waals surface area contributed by atoms with Gasteiger partial charge in [0, 0.05) is 25.6 Å². The van der Waals surface area contributed by atoms with Gasteiger partial charge in [-0.1, -0.05) is 24.3 Å². The summed E-state index contributed by atoms with van der Waals surface area (Å²) >= 11 is 0. The van der Waals surface area contributed by atoms with Crippen LogP contribution in [0.25, 0.3) is 0 Å². The molecule has 1 saturated carbocycles. The molecule has 0 unspecified atom stereocenters. The van der Waals surface area contributed by atoms with E-state index in [0.29, 0.717) is 23.9 Å². The molecule has 0 aromatic heterocycles. The van der Waals surface area contributed by atoms with E-state index >= 15 is 0 Å². The van der Waals surface area contributed by atoms with Crippen LogP contribution in [0.15, 0.2) is 24.3 Å². The number of nitrogens with two attached hydrogens (primary N) is 1. The first kappa shape index (κ1) is 22.5. The normalized spacial score (nSPS) is 22.3. The van der Waals surface area contributed by atoms with E-state index in [1.54, 1.807) is 0 Å². The Morgan fingerprint density at radius 3 is 2.22 bits per heavy atom. The minimum absolute atomic E-state index is 0. The Morgan fingerprint density at radius 1 is 1.00 bits per heavy atom. The van der Waals surface area contributed by atoms with Gasteiger partial charge < -0.3 is 10.6 Å². The molecule has 0 atom stereocenters. The summed E-state index contributed by atoms with van der Waals surface area (Å²) in [6.45, 7) is 5.12. The second-order valence-electron chi connectivity index (χ2n) is 8.38. The maximum atomic E-state index is 12.2. The summed E-state index contributed by atoms with van der Waals surface area (Å²) in [7, 11) is 0. The van der Waals surface area contributed by atoms with Crippen molar-refractivity contribution in [2.24, 2.45) is 11.1 Å². The molecule has 2 saturated heterocycles. The van der Waals surface area contributed by atoms with Crippen LogP contribution in [0.4, 0.5) is 0 Å². The minimum Gasteiger partial charge on any atom is -0.339 e. The fourth-order valence-electron chi connectivity index (χ4n) is 4.59. The van der Waals surface area contributed by atoms with Gasteiger partial charge in [-0.05, 0) is 74.7 Å². The molecule has 4 rings (SSSR count). The molecule has 2 N–H and O–H groups in total. The summed E-state index contributed by atoms with van der Waals surface area (Å²) in [5.74, 6) is 0.410. The Hall–Kier alpha value is -0.810. The van der Waals surface area contributed by atoms with E-state index in [9.17, 15) is 4.79 Å². The molecule has 2 aliphatic heterocycles. The summed E-state index contributed by atoms with van der Waals surface area (Å²) in [6.07, 6.45) is 7.80. The first-order valence-electron chi connectivity index (χ1n) is 9.97. The number of rotatable bonds is 5. The lowest BCUT2D eigenvalue weighted by Gasteiger charge is -2.47. The zero-order valence-electron chi connectivity index (χ0n) is 16.1. The van der Waals surface area contributed by atoms with Gasteiger partial charge in [0.2, 0.25) is 5.91 Å². The smallest absolute Gasteiger partial charge is 0.222 e. The first-order chi connectivity index (χ1) is 12.2. The summed E-state index contributed by atoms with van der Waals surface area (Å²) in [4.78, 5) is 17.0. The standard InChI is InChI=1S/C21H31N3O.2ClH/c22-12-8-17-1-3-18(4-2-17)15-23-13-10-21(11-14-23)9-7-20(25)24(16-21)19-5-6-19;;/h1-4,19H,5-16,22H2;2*1H. The highest BCUT2D eigenvalue weighted by atomic mass is 35.5. The van der Waals surface area contributed by atoms with Crippen LogP contribution in [0, 0.1) is 5.41 Å². The Balaban J connectivity index is 0.00000131. The number of hydrogen-bond donors (Lipinski definition) is 1. The quantitative estimate of drug-likeness (QED) is 0.804. The highest BCUT2D eigenvalue weighted by molar-refractivity contribution is 5.85. The molecule has 3 aliphatic rings. The number of piperidine rings is 2. The third kappa shape index (κ3) is 5.38. The summed E-state index contributed by atoms with van der Waals surface area (Å²) in [5, 5.41) is 0. The van der Waals surface area contributed by atoms with E-state index in [1.165, 1.54) is 36.8 Å². The average Bonchev–Trinajstić information content (AvgIpc) is 3.46. The fourth-order valence-corrected chi connectivity index (χ4v) is 4.59. The van der Waals surface area contributed by atoms with Gasteiger partial charge in [0.15, 0.2) is 0 Å². The highest BCUT2D eigenvalue weighted by Gasteiger charge is 2.44. The van der Waals surface area contributed by atoms with Crippen molar-refractivity contribution >= 4 is 30.7 Å². The molecular weight excluding hydrogens is 381 g/mol. The van der Waals surface area contributed by atoms with Crippen molar-refractivity contribution in [1.29, 1.82) is 0 Å². The molecular formula is C21H33Cl2N3O. The molecule has 152 valence electrons. The number of likely N-dealkylation sites (tertiary alicyclic amines) is 2. The topological polar surface area (TPSA) is 49.6 Å². The van der Waals surface area contributed by atoms with Crippen LogP contribution in [-0.2, 0) is 17.8 Å². The van der Waals surface area contributed by atoms with Gasteiger partial charge in [-0.25, -0.2) is 0 Å². The van der Waals surface area contributed by atoms with Crippen molar-refractivity contribution in [3.8, 4) is 0 Å². The zero-order valence-corrected chi connectivity index (χ0v) is 17.7. The van der Waals surface area contributed by atoms with E-state index in [2.05, 4.69) is 34.1 Å². The highest BCUT2D eigenvalue weighted by Crippen LogP contribution is 2.43. The number of benzene rings is 1. The number of carbonyl (C=O) groups is 1. The molecule has 1 spiro atoms.